The van der Waals surface area contributed by atoms with E-state index in [9.17, 15) is 8.42 Å². The second kappa shape index (κ2) is 5.44. The number of ether oxygens (including phenoxy) is 1. The van der Waals surface area contributed by atoms with Crippen molar-refractivity contribution in [3.63, 3.8) is 0 Å². The summed E-state index contributed by atoms with van der Waals surface area (Å²) < 4.78 is 31.0. The highest BCUT2D eigenvalue weighted by atomic mass is 32.2. The van der Waals surface area contributed by atoms with E-state index in [1.54, 1.807) is 11.2 Å². The van der Waals surface area contributed by atoms with E-state index in [0.717, 1.165) is 0 Å². The fourth-order valence-corrected chi connectivity index (χ4v) is 3.70. The van der Waals surface area contributed by atoms with Crippen molar-refractivity contribution in [1.29, 1.82) is 0 Å². The van der Waals surface area contributed by atoms with Crippen molar-refractivity contribution < 1.29 is 13.2 Å². The number of hydrogen-bond donors (Lipinski definition) is 1. The maximum Gasteiger partial charge on any atom is 0.219 e. The summed E-state index contributed by atoms with van der Waals surface area (Å²) in [6, 6.07) is 0.191. The van der Waals surface area contributed by atoms with Gasteiger partial charge in [-0.1, -0.05) is 0 Å². The van der Waals surface area contributed by atoms with Gasteiger partial charge in [0, 0.05) is 32.3 Å². The lowest BCUT2D eigenvalue weighted by Crippen LogP contribution is -2.58. The van der Waals surface area contributed by atoms with Gasteiger partial charge in [-0.25, -0.2) is 8.42 Å². The predicted octanol–water partition coefficient (Wildman–Crippen LogP) is 0.0333. The zero-order valence-corrected chi connectivity index (χ0v) is 11.3. The maximum absolute atomic E-state index is 12.2. The highest BCUT2D eigenvalue weighted by molar-refractivity contribution is 7.89. The second-order valence-electron chi connectivity index (χ2n) is 4.41. The van der Waals surface area contributed by atoms with Gasteiger partial charge in [-0.15, -0.1) is 0 Å². The molecule has 0 bridgehead atoms. The molecule has 0 spiro atoms. The van der Waals surface area contributed by atoms with Gasteiger partial charge in [0.25, 0.3) is 0 Å². The van der Waals surface area contributed by atoms with Gasteiger partial charge in [0.15, 0.2) is 0 Å². The van der Waals surface area contributed by atoms with Crippen molar-refractivity contribution in [3.05, 3.63) is 0 Å². The molecule has 1 fully saturated rings. The molecule has 3 unspecified atom stereocenters. The average Bonchev–Trinajstić information content (AvgIpc) is 2.22. The SMILES string of the molecule is COCC(C)S(=O)(=O)N1CCNC(C)C1C. The van der Waals surface area contributed by atoms with Gasteiger partial charge in [-0.2, -0.15) is 4.31 Å². The molecule has 16 heavy (non-hydrogen) atoms. The summed E-state index contributed by atoms with van der Waals surface area (Å²) in [7, 11) is -1.71. The van der Waals surface area contributed by atoms with Crippen molar-refractivity contribution in [1.82, 2.24) is 9.62 Å². The molecule has 0 saturated carbocycles. The molecule has 1 aliphatic heterocycles. The Kier molecular flexibility index (Phi) is 4.73. The number of nitrogens with zero attached hydrogens (tertiary/aromatic N) is 1. The highest BCUT2D eigenvalue weighted by Crippen LogP contribution is 2.17. The largest absolute Gasteiger partial charge is 0.383 e. The van der Waals surface area contributed by atoms with Crippen LogP contribution in [0.2, 0.25) is 0 Å². The van der Waals surface area contributed by atoms with E-state index in [1.807, 2.05) is 13.8 Å². The van der Waals surface area contributed by atoms with Crippen LogP contribution >= 0.6 is 0 Å². The quantitative estimate of drug-likeness (QED) is 0.765. The first-order valence-electron chi connectivity index (χ1n) is 5.64. The Hall–Kier alpha value is -0.170. The molecule has 0 aromatic heterocycles. The van der Waals surface area contributed by atoms with E-state index in [0.29, 0.717) is 13.1 Å². The fraction of sp³-hybridized carbons (Fsp3) is 1.00. The molecule has 1 aliphatic rings. The Morgan fingerprint density at radius 3 is 2.69 bits per heavy atom. The van der Waals surface area contributed by atoms with Gasteiger partial charge in [0.05, 0.1) is 11.9 Å². The van der Waals surface area contributed by atoms with Crippen LogP contribution in [-0.2, 0) is 14.8 Å². The molecule has 0 aliphatic carbocycles. The van der Waals surface area contributed by atoms with E-state index >= 15 is 0 Å². The molecule has 3 atom stereocenters. The van der Waals surface area contributed by atoms with Crippen molar-refractivity contribution in [2.24, 2.45) is 0 Å². The molecular weight excluding hydrogens is 228 g/mol. The van der Waals surface area contributed by atoms with E-state index in [1.165, 1.54) is 7.11 Å². The minimum atomic E-state index is -3.24. The van der Waals surface area contributed by atoms with Crippen molar-refractivity contribution in [2.45, 2.75) is 38.1 Å². The molecule has 0 aromatic rings. The topological polar surface area (TPSA) is 58.6 Å². The van der Waals surface area contributed by atoms with Crippen LogP contribution in [-0.4, -0.2) is 56.9 Å². The van der Waals surface area contributed by atoms with Crippen LogP contribution in [0.5, 0.6) is 0 Å². The zero-order valence-electron chi connectivity index (χ0n) is 10.4. The summed E-state index contributed by atoms with van der Waals surface area (Å²) in [5, 5.41) is 2.79. The third-order valence-corrected chi connectivity index (χ3v) is 5.53. The number of rotatable bonds is 4. The Labute approximate surface area is 98.2 Å². The number of methoxy groups -OCH3 is 1. The fourth-order valence-electron chi connectivity index (χ4n) is 1.94. The molecule has 1 N–H and O–H groups in total. The van der Waals surface area contributed by atoms with Crippen LogP contribution < -0.4 is 5.32 Å². The zero-order chi connectivity index (χ0) is 12.3. The van der Waals surface area contributed by atoms with Gasteiger partial charge in [0.2, 0.25) is 10.0 Å². The van der Waals surface area contributed by atoms with Crippen molar-refractivity contribution >= 4 is 10.0 Å². The number of piperazine rings is 1. The average molecular weight is 250 g/mol. The molecule has 5 nitrogen and oxygen atoms in total. The summed E-state index contributed by atoms with van der Waals surface area (Å²) in [5.41, 5.74) is 0. The first-order valence-corrected chi connectivity index (χ1v) is 7.14. The summed E-state index contributed by atoms with van der Waals surface area (Å²) in [5.74, 6) is 0. The molecular formula is C10H22N2O3S. The first kappa shape index (κ1) is 13.9. The van der Waals surface area contributed by atoms with Crippen molar-refractivity contribution in [2.75, 3.05) is 26.8 Å². The molecule has 96 valence electrons. The van der Waals surface area contributed by atoms with E-state index in [2.05, 4.69) is 5.32 Å². The molecule has 1 saturated heterocycles. The normalized spacial score (nSPS) is 30.2. The molecule has 6 heteroatoms. The van der Waals surface area contributed by atoms with Gasteiger partial charge in [0.1, 0.15) is 0 Å². The summed E-state index contributed by atoms with van der Waals surface area (Å²) in [6.07, 6.45) is 0. The van der Waals surface area contributed by atoms with Crippen LogP contribution in [0.4, 0.5) is 0 Å². The van der Waals surface area contributed by atoms with Gasteiger partial charge < -0.3 is 10.1 Å². The smallest absolute Gasteiger partial charge is 0.219 e. The minimum Gasteiger partial charge on any atom is -0.383 e. The van der Waals surface area contributed by atoms with E-state index in [4.69, 9.17) is 4.74 Å². The summed E-state index contributed by atoms with van der Waals surface area (Å²) >= 11 is 0. The molecule has 0 amide bonds. The van der Waals surface area contributed by atoms with Gasteiger partial charge in [-0.3, -0.25) is 0 Å². The van der Waals surface area contributed by atoms with E-state index < -0.39 is 15.3 Å². The Balaban J connectivity index is 2.82. The summed E-state index contributed by atoms with van der Waals surface area (Å²) in [6.45, 7) is 7.14. The van der Waals surface area contributed by atoms with Crippen LogP contribution in [0, 0.1) is 0 Å². The lowest BCUT2D eigenvalue weighted by Gasteiger charge is -2.38. The van der Waals surface area contributed by atoms with Crippen LogP contribution in [0.1, 0.15) is 20.8 Å². The highest BCUT2D eigenvalue weighted by Gasteiger charge is 2.36. The first-order chi connectivity index (χ1) is 7.41. The molecule has 0 aromatic carbocycles. The Bertz CT molecular complexity index is 318. The third-order valence-electron chi connectivity index (χ3n) is 3.21. The third kappa shape index (κ3) is 2.74. The van der Waals surface area contributed by atoms with Crippen LogP contribution in [0.15, 0.2) is 0 Å². The molecule has 1 heterocycles. The van der Waals surface area contributed by atoms with Crippen LogP contribution in [0.25, 0.3) is 0 Å². The standard InChI is InChI=1S/C10H22N2O3S/c1-8(7-15-4)16(13,14)12-6-5-11-9(2)10(12)3/h8-11H,5-7H2,1-4H3. The predicted molar refractivity (Wildman–Crippen MR) is 63.9 cm³/mol. The lowest BCUT2D eigenvalue weighted by molar-refractivity contribution is 0.190. The number of hydrogen-bond acceptors (Lipinski definition) is 4. The van der Waals surface area contributed by atoms with Gasteiger partial charge >= 0.3 is 0 Å². The van der Waals surface area contributed by atoms with Crippen molar-refractivity contribution in [3.8, 4) is 0 Å². The number of nitrogens with one attached hydrogen (secondary N) is 1. The molecule has 1 rings (SSSR count). The van der Waals surface area contributed by atoms with E-state index in [-0.39, 0.29) is 18.7 Å². The monoisotopic (exact) mass is 250 g/mol. The maximum atomic E-state index is 12.2. The van der Waals surface area contributed by atoms with Crippen LogP contribution in [0.3, 0.4) is 0 Å². The van der Waals surface area contributed by atoms with Gasteiger partial charge in [-0.05, 0) is 20.8 Å². The second-order valence-corrected chi connectivity index (χ2v) is 6.71. The molecule has 0 radical (unpaired) electrons. The Morgan fingerprint density at radius 2 is 2.12 bits per heavy atom. The summed E-state index contributed by atoms with van der Waals surface area (Å²) in [4.78, 5) is 0. The Morgan fingerprint density at radius 1 is 1.50 bits per heavy atom. The lowest BCUT2D eigenvalue weighted by atomic mass is 10.1. The minimum absolute atomic E-state index is 0.00180. The number of sulfonamides is 1.